The lowest BCUT2D eigenvalue weighted by molar-refractivity contribution is 0.303. The van der Waals surface area contributed by atoms with Crippen molar-refractivity contribution in [3.8, 4) is 5.75 Å². The van der Waals surface area contributed by atoms with Gasteiger partial charge in [-0.2, -0.15) is 0 Å². The van der Waals surface area contributed by atoms with E-state index in [9.17, 15) is 0 Å². The highest BCUT2D eigenvalue weighted by Crippen LogP contribution is 2.19. The molecule has 1 aromatic carbocycles. The SMILES string of the molecule is C=Cc1ccccc1OCCCCCCCCCC. The van der Waals surface area contributed by atoms with Gasteiger partial charge in [0.15, 0.2) is 0 Å². The molecule has 0 unspecified atom stereocenters. The van der Waals surface area contributed by atoms with E-state index in [0.717, 1.165) is 24.3 Å². The monoisotopic (exact) mass is 260 g/mol. The Morgan fingerprint density at radius 2 is 1.58 bits per heavy atom. The van der Waals surface area contributed by atoms with Crippen LogP contribution in [0.1, 0.15) is 63.9 Å². The minimum Gasteiger partial charge on any atom is -0.493 e. The fourth-order valence-electron chi connectivity index (χ4n) is 2.20. The highest BCUT2D eigenvalue weighted by Gasteiger charge is 1.98. The molecular formula is C18H28O. The number of para-hydroxylation sites is 1. The molecule has 0 aliphatic rings. The molecule has 0 atom stereocenters. The third-order valence-corrected chi connectivity index (χ3v) is 3.39. The Bertz CT molecular complexity index is 343. The summed E-state index contributed by atoms with van der Waals surface area (Å²) in [6.07, 6.45) is 12.5. The Morgan fingerprint density at radius 3 is 2.26 bits per heavy atom. The molecule has 0 N–H and O–H groups in total. The molecule has 0 bridgehead atoms. The number of unbranched alkanes of at least 4 members (excludes halogenated alkanes) is 7. The van der Waals surface area contributed by atoms with E-state index in [4.69, 9.17) is 4.74 Å². The zero-order valence-electron chi connectivity index (χ0n) is 12.4. The average Bonchev–Trinajstić information content (AvgIpc) is 2.46. The van der Waals surface area contributed by atoms with E-state index in [0.29, 0.717) is 0 Å². The fourth-order valence-corrected chi connectivity index (χ4v) is 2.20. The smallest absolute Gasteiger partial charge is 0.126 e. The third-order valence-electron chi connectivity index (χ3n) is 3.39. The average molecular weight is 260 g/mol. The predicted molar refractivity (Wildman–Crippen MR) is 84.6 cm³/mol. The molecule has 1 heteroatoms. The van der Waals surface area contributed by atoms with Gasteiger partial charge in [-0.25, -0.2) is 0 Å². The van der Waals surface area contributed by atoms with Gasteiger partial charge in [-0.3, -0.25) is 0 Å². The summed E-state index contributed by atoms with van der Waals surface area (Å²) in [6.45, 7) is 6.89. The summed E-state index contributed by atoms with van der Waals surface area (Å²) in [6, 6.07) is 8.08. The van der Waals surface area contributed by atoms with Crippen LogP contribution < -0.4 is 4.74 Å². The molecule has 0 aliphatic heterocycles. The summed E-state index contributed by atoms with van der Waals surface area (Å²) >= 11 is 0. The second-order valence-corrected chi connectivity index (χ2v) is 5.07. The molecule has 19 heavy (non-hydrogen) atoms. The maximum atomic E-state index is 5.80. The zero-order chi connectivity index (χ0) is 13.8. The molecule has 1 aromatic rings. The van der Waals surface area contributed by atoms with E-state index < -0.39 is 0 Å². The van der Waals surface area contributed by atoms with Gasteiger partial charge in [0.25, 0.3) is 0 Å². The molecule has 0 aromatic heterocycles. The molecule has 0 saturated carbocycles. The second kappa shape index (κ2) is 10.7. The van der Waals surface area contributed by atoms with Crippen molar-refractivity contribution in [3.63, 3.8) is 0 Å². The molecule has 0 heterocycles. The number of hydrogen-bond acceptors (Lipinski definition) is 1. The van der Waals surface area contributed by atoms with Crippen LogP contribution in [0.2, 0.25) is 0 Å². The summed E-state index contributed by atoms with van der Waals surface area (Å²) < 4.78 is 5.80. The summed E-state index contributed by atoms with van der Waals surface area (Å²) in [5.74, 6) is 0.959. The van der Waals surface area contributed by atoms with E-state index in [2.05, 4.69) is 13.5 Å². The van der Waals surface area contributed by atoms with Crippen molar-refractivity contribution in [2.45, 2.75) is 58.3 Å². The summed E-state index contributed by atoms with van der Waals surface area (Å²) in [5, 5.41) is 0. The second-order valence-electron chi connectivity index (χ2n) is 5.07. The van der Waals surface area contributed by atoms with Crippen molar-refractivity contribution in [2.24, 2.45) is 0 Å². The first-order valence-electron chi connectivity index (χ1n) is 7.72. The molecule has 0 aliphatic carbocycles. The van der Waals surface area contributed by atoms with E-state index in [1.54, 1.807) is 0 Å². The molecule has 1 rings (SSSR count). The number of ether oxygens (including phenoxy) is 1. The molecule has 0 fully saturated rings. The molecule has 1 nitrogen and oxygen atoms in total. The Hall–Kier alpha value is -1.24. The van der Waals surface area contributed by atoms with Crippen molar-refractivity contribution in [1.29, 1.82) is 0 Å². The van der Waals surface area contributed by atoms with Gasteiger partial charge < -0.3 is 4.74 Å². The molecule has 0 saturated heterocycles. The lowest BCUT2D eigenvalue weighted by atomic mass is 10.1. The van der Waals surface area contributed by atoms with E-state index in [1.807, 2.05) is 30.3 Å². The first-order chi connectivity index (χ1) is 9.38. The van der Waals surface area contributed by atoms with Crippen molar-refractivity contribution in [1.82, 2.24) is 0 Å². The van der Waals surface area contributed by atoms with E-state index in [-0.39, 0.29) is 0 Å². The Kier molecular flexibility index (Phi) is 8.87. The quantitative estimate of drug-likeness (QED) is 0.453. The Labute approximate surface area is 118 Å². The summed E-state index contributed by atoms with van der Waals surface area (Å²) in [7, 11) is 0. The lowest BCUT2D eigenvalue weighted by Gasteiger charge is -2.08. The van der Waals surface area contributed by atoms with Crippen LogP contribution in [0.4, 0.5) is 0 Å². The van der Waals surface area contributed by atoms with Gasteiger partial charge >= 0.3 is 0 Å². The Morgan fingerprint density at radius 1 is 0.947 bits per heavy atom. The van der Waals surface area contributed by atoms with Crippen LogP contribution in [-0.4, -0.2) is 6.61 Å². The van der Waals surface area contributed by atoms with Gasteiger partial charge in [0, 0.05) is 5.56 Å². The van der Waals surface area contributed by atoms with Gasteiger partial charge in [0.1, 0.15) is 5.75 Å². The first-order valence-corrected chi connectivity index (χ1v) is 7.72. The normalized spacial score (nSPS) is 10.4. The van der Waals surface area contributed by atoms with Crippen LogP contribution in [0.3, 0.4) is 0 Å². The maximum absolute atomic E-state index is 5.80. The molecule has 0 spiro atoms. The van der Waals surface area contributed by atoms with Gasteiger partial charge in [-0.1, -0.05) is 82.7 Å². The minimum absolute atomic E-state index is 0.819. The number of benzene rings is 1. The largest absolute Gasteiger partial charge is 0.493 e. The van der Waals surface area contributed by atoms with Crippen molar-refractivity contribution >= 4 is 6.08 Å². The van der Waals surface area contributed by atoms with Crippen molar-refractivity contribution in [2.75, 3.05) is 6.61 Å². The molecule has 0 amide bonds. The van der Waals surface area contributed by atoms with Crippen LogP contribution in [0.5, 0.6) is 5.75 Å². The van der Waals surface area contributed by atoms with Crippen LogP contribution in [0.15, 0.2) is 30.8 Å². The first kappa shape index (κ1) is 15.8. The molecular weight excluding hydrogens is 232 g/mol. The van der Waals surface area contributed by atoms with Crippen molar-refractivity contribution < 1.29 is 4.74 Å². The molecule has 0 radical (unpaired) electrons. The van der Waals surface area contributed by atoms with Gasteiger partial charge in [0.2, 0.25) is 0 Å². The highest BCUT2D eigenvalue weighted by atomic mass is 16.5. The van der Waals surface area contributed by atoms with E-state index >= 15 is 0 Å². The third kappa shape index (κ3) is 7.05. The highest BCUT2D eigenvalue weighted by molar-refractivity contribution is 5.55. The van der Waals surface area contributed by atoms with Gasteiger partial charge in [-0.15, -0.1) is 0 Å². The van der Waals surface area contributed by atoms with Gasteiger partial charge in [0.05, 0.1) is 6.61 Å². The Balaban J connectivity index is 2.03. The topological polar surface area (TPSA) is 9.23 Å². The minimum atomic E-state index is 0.819. The van der Waals surface area contributed by atoms with Gasteiger partial charge in [-0.05, 0) is 12.5 Å². The van der Waals surface area contributed by atoms with Crippen LogP contribution in [-0.2, 0) is 0 Å². The number of rotatable bonds is 11. The molecule has 106 valence electrons. The van der Waals surface area contributed by atoms with E-state index in [1.165, 1.54) is 44.9 Å². The van der Waals surface area contributed by atoms with Crippen LogP contribution >= 0.6 is 0 Å². The zero-order valence-corrected chi connectivity index (χ0v) is 12.4. The summed E-state index contributed by atoms with van der Waals surface area (Å²) in [4.78, 5) is 0. The fraction of sp³-hybridized carbons (Fsp3) is 0.556. The van der Waals surface area contributed by atoms with Crippen LogP contribution in [0, 0.1) is 0 Å². The standard InChI is InChI=1S/C18H28O/c1-3-5-6-7-8-9-10-13-16-19-18-15-12-11-14-17(18)4-2/h4,11-12,14-15H,2-3,5-10,13,16H2,1H3. The predicted octanol–water partition coefficient (Wildman–Crippen LogP) is 5.85. The van der Waals surface area contributed by atoms with Crippen LogP contribution in [0.25, 0.3) is 6.08 Å². The lowest BCUT2D eigenvalue weighted by Crippen LogP contribution is -1.98. The summed E-state index contributed by atoms with van der Waals surface area (Å²) in [5.41, 5.74) is 1.09. The number of hydrogen-bond donors (Lipinski definition) is 0. The van der Waals surface area contributed by atoms with Crippen molar-refractivity contribution in [3.05, 3.63) is 36.4 Å². The maximum Gasteiger partial charge on any atom is 0.126 e.